The van der Waals surface area contributed by atoms with Gasteiger partial charge in [-0.1, -0.05) is 11.6 Å². The first-order valence-electron chi connectivity index (χ1n) is 14.1. The van der Waals surface area contributed by atoms with E-state index >= 15 is 0 Å². The van der Waals surface area contributed by atoms with Crippen molar-refractivity contribution in [1.29, 1.82) is 0 Å². The van der Waals surface area contributed by atoms with Crippen LogP contribution in [0.15, 0.2) is 49.1 Å². The van der Waals surface area contributed by atoms with Gasteiger partial charge in [-0.15, -0.1) is 0 Å². The summed E-state index contributed by atoms with van der Waals surface area (Å²) in [6.45, 7) is 11.0. The van der Waals surface area contributed by atoms with Crippen LogP contribution in [-0.2, 0) is 25.4 Å². The second kappa shape index (κ2) is 14.3. The van der Waals surface area contributed by atoms with Crippen LogP contribution in [0.3, 0.4) is 0 Å². The van der Waals surface area contributed by atoms with Gasteiger partial charge in [0.05, 0.1) is 41.9 Å². The molecule has 4 aromatic rings. The maximum absolute atomic E-state index is 14.1. The molecule has 3 N–H and O–H groups in total. The number of halogens is 1. The Morgan fingerprint density at radius 1 is 1.02 bits per heavy atom. The Kier molecular flexibility index (Phi) is 10.8. The fraction of sp³-hybridized carbons (Fsp3) is 0.414. The fourth-order valence-corrected chi connectivity index (χ4v) is 6.14. The molecule has 13 nitrogen and oxygen atoms in total. The lowest BCUT2D eigenvalue weighted by atomic mass is 10.1. The third-order valence-electron chi connectivity index (χ3n) is 6.07. The number of carbonyl (C=O) groups is 1. The van der Waals surface area contributed by atoms with Gasteiger partial charge < -0.3 is 29.0 Å². The van der Waals surface area contributed by atoms with Crippen LogP contribution in [-0.4, -0.2) is 61.2 Å². The van der Waals surface area contributed by atoms with Gasteiger partial charge in [-0.05, 0) is 71.9 Å². The van der Waals surface area contributed by atoms with Crippen molar-refractivity contribution in [3.8, 4) is 22.9 Å². The molecule has 0 aliphatic heterocycles. The molecule has 44 heavy (non-hydrogen) atoms. The molecule has 3 atom stereocenters. The number of nitrogens with one attached hydrogen (secondary N) is 1. The van der Waals surface area contributed by atoms with Crippen LogP contribution in [0.1, 0.15) is 41.5 Å². The third-order valence-corrected chi connectivity index (χ3v) is 8.15. The highest BCUT2D eigenvalue weighted by atomic mass is 35.5. The highest BCUT2D eigenvalue weighted by Gasteiger charge is 2.32. The van der Waals surface area contributed by atoms with Crippen LogP contribution < -0.4 is 20.1 Å². The van der Waals surface area contributed by atoms with Crippen molar-refractivity contribution in [2.75, 3.05) is 12.1 Å². The number of ether oxygens (including phenoxy) is 3. The van der Waals surface area contributed by atoms with E-state index < -0.39 is 25.6 Å². The van der Waals surface area contributed by atoms with E-state index in [1.54, 1.807) is 75.0 Å². The van der Waals surface area contributed by atoms with Crippen molar-refractivity contribution in [2.24, 2.45) is 0 Å². The standard InChI is InChI=1S/C29H37ClN7O6P/c1-17(2)41-24-12-11-23(30)25(35-24)21-7-9-22(10-8-21)43-44(39,36-20(6)29(38)42-18(3)4)16-40-19(5)13-37-15-34-26-27(31)32-14-33-28(26)37/h7-12,14-15,17-20H,13,16H2,1-6H3,(H,36,39)(H2,31,32,33)/t19-,20+,44?/m1/s1. The predicted molar refractivity (Wildman–Crippen MR) is 168 cm³/mol. The number of pyridine rings is 1. The highest BCUT2D eigenvalue weighted by molar-refractivity contribution is 7.57. The maximum atomic E-state index is 14.1. The molecule has 0 aliphatic carbocycles. The summed E-state index contributed by atoms with van der Waals surface area (Å²) in [4.78, 5) is 29.5. The molecular formula is C29H37ClN7O6P. The number of hydrogen-bond donors (Lipinski definition) is 2. The van der Waals surface area contributed by atoms with E-state index in [9.17, 15) is 9.36 Å². The van der Waals surface area contributed by atoms with Crippen molar-refractivity contribution in [3.63, 3.8) is 0 Å². The fourth-order valence-electron chi connectivity index (χ4n) is 4.14. The summed E-state index contributed by atoms with van der Waals surface area (Å²) in [5.41, 5.74) is 8.15. The summed E-state index contributed by atoms with van der Waals surface area (Å²) < 4.78 is 38.8. The molecule has 0 amide bonds. The number of rotatable bonds is 14. The lowest BCUT2D eigenvalue weighted by Gasteiger charge is -2.25. The van der Waals surface area contributed by atoms with E-state index in [0.717, 1.165) is 0 Å². The van der Waals surface area contributed by atoms with Gasteiger partial charge in [0, 0.05) is 11.6 Å². The van der Waals surface area contributed by atoms with Crippen LogP contribution in [0, 0.1) is 0 Å². The minimum absolute atomic E-state index is 0.0499. The van der Waals surface area contributed by atoms with E-state index in [-0.39, 0.29) is 30.1 Å². The van der Waals surface area contributed by atoms with Gasteiger partial charge in [0.2, 0.25) is 5.88 Å². The zero-order valence-electron chi connectivity index (χ0n) is 25.4. The van der Waals surface area contributed by atoms with E-state index in [0.29, 0.717) is 39.9 Å². The number of anilines is 1. The van der Waals surface area contributed by atoms with E-state index in [2.05, 4.69) is 25.0 Å². The first-order chi connectivity index (χ1) is 20.8. The Morgan fingerprint density at radius 3 is 2.43 bits per heavy atom. The normalized spacial score (nSPS) is 14.4. The van der Waals surface area contributed by atoms with Crippen LogP contribution in [0.25, 0.3) is 22.4 Å². The Labute approximate surface area is 261 Å². The van der Waals surface area contributed by atoms with Crippen molar-refractivity contribution in [3.05, 3.63) is 54.1 Å². The zero-order valence-corrected chi connectivity index (χ0v) is 27.1. The van der Waals surface area contributed by atoms with E-state index in [1.807, 2.05) is 13.8 Å². The van der Waals surface area contributed by atoms with Crippen LogP contribution >= 0.6 is 19.1 Å². The molecule has 236 valence electrons. The second-order valence-corrected chi connectivity index (χ2v) is 13.2. The van der Waals surface area contributed by atoms with Crippen molar-refractivity contribution < 1.29 is 28.1 Å². The number of esters is 1. The molecule has 1 aromatic carbocycles. The van der Waals surface area contributed by atoms with Crippen molar-refractivity contribution >= 4 is 42.1 Å². The van der Waals surface area contributed by atoms with Crippen LogP contribution in [0.5, 0.6) is 11.6 Å². The largest absolute Gasteiger partial charge is 0.475 e. The minimum atomic E-state index is -3.82. The van der Waals surface area contributed by atoms with Gasteiger partial charge >= 0.3 is 13.5 Å². The first-order valence-corrected chi connectivity index (χ1v) is 16.3. The van der Waals surface area contributed by atoms with Crippen molar-refractivity contribution in [2.45, 2.75) is 72.4 Å². The second-order valence-electron chi connectivity index (χ2n) is 10.7. The van der Waals surface area contributed by atoms with Gasteiger partial charge in [0.1, 0.15) is 30.0 Å². The Hall–Kier alpha value is -3.77. The molecule has 0 fully saturated rings. The molecule has 0 saturated carbocycles. The number of nitrogens with two attached hydrogens (primary N) is 1. The monoisotopic (exact) mass is 645 g/mol. The SMILES string of the molecule is CC(C)OC(=O)[C@H](C)NP(=O)(CO[C@H](C)Cn1cnc2c(N)ncnc21)Oc1ccc(-c2nc(OC(C)C)ccc2Cl)cc1. The van der Waals surface area contributed by atoms with Gasteiger partial charge in [-0.2, -0.15) is 0 Å². The smallest absolute Gasteiger partial charge is 0.342 e. The molecule has 15 heteroatoms. The summed E-state index contributed by atoms with van der Waals surface area (Å²) in [5, 5.41) is 3.25. The number of nitrogen functional groups attached to an aromatic ring is 1. The molecule has 0 bridgehead atoms. The average Bonchev–Trinajstić information content (AvgIpc) is 3.36. The number of imidazole rings is 1. The molecule has 3 heterocycles. The summed E-state index contributed by atoms with van der Waals surface area (Å²) >= 11 is 6.41. The van der Waals surface area contributed by atoms with E-state index in [4.69, 9.17) is 36.1 Å². The summed E-state index contributed by atoms with van der Waals surface area (Å²) in [6.07, 6.45) is 1.75. The lowest BCUT2D eigenvalue weighted by molar-refractivity contribution is -0.149. The quantitative estimate of drug-likeness (QED) is 0.131. The molecule has 0 radical (unpaired) electrons. The van der Waals surface area contributed by atoms with Crippen LogP contribution in [0.4, 0.5) is 5.82 Å². The van der Waals surface area contributed by atoms with E-state index in [1.165, 1.54) is 6.33 Å². The molecule has 3 aromatic heterocycles. The number of fused-ring (bicyclic) bond motifs is 1. The third kappa shape index (κ3) is 8.66. The summed E-state index contributed by atoms with van der Waals surface area (Å²) in [5.74, 6) is 0.427. The molecule has 0 aliphatic rings. The predicted octanol–water partition coefficient (Wildman–Crippen LogP) is 5.48. The van der Waals surface area contributed by atoms with Crippen molar-refractivity contribution in [1.82, 2.24) is 29.6 Å². The summed E-state index contributed by atoms with van der Waals surface area (Å²) in [7, 11) is -3.82. The van der Waals surface area contributed by atoms with Gasteiger partial charge in [-0.25, -0.2) is 25.0 Å². The zero-order chi connectivity index (χ0) is 32.0. The summed E-state index contributed by atoms with van der Waals surface area (Å²) in [6, 6.07) is 9.24. The number of aromatic nitrogens is 5. The number of benzene rings is 1. The van der Waals surface area contributed by atoms with Gasteiger partial charge in [-0.3, -0.25) is 9.36 Å². The molecule has 0 spiro atoms. The van der Waals surface area contributed by atoms with Gasteiger partial charge in [0.15, 0.2) is 11.5 Å². The Bertz CT molecular complexity index is 1630. The number of carbonyl (C=O) groups excluding carboxylic acids is 1. The van der Waals surface area contributed by atoms with Crippen LogP contribution in [0.2, 0.25) is 5.02 Å². The molecule has 0 saturated heterocycles. The Balaban J connectivity index is 1.51. The van der Waals surface area contributed by atoms with Gasteiger partial charge in [0.25, 0.3) is 0 Å². The molecule has 1 unspecified atom stereocenters. The maximum Gasteiger partial charge on any atom is 0.342 e. The molecular weight excluding hydrogens is 609 g/mol. The minimum Gasteiger partial charge on any atom is -0.475 e. The number of nitrogens with zero attached hydrogens (tertiary/aromatic N) is 5. The molecule has 4 rings (SSSR count). The number of hydrogen-bond acceptors (Lipinski definition) is 11. The topological polar surface area (TPSA) is 166 Å². The Morgan fingerprint density at radius 2 is 1.75 bits per heavy atom. The lowest BCUT2D eigenvalue weighted by Crippen LogP contribution is -2.37. The first kappa shape index (κ1) is 33.1. The average molecular weight is 646 g/mol. The highest BCUT2D eigenvalue weighted by Crippen LogP contribution is 2.44.